The maximum absolute atomic E-state index is 13.6. The van der Waals surface area contributed by atoms with Gasteiger partial charge in [0.2, 0.25) is 0 Å². The predicted molar refractivity (Wildman–Crippen MR) is 217 cm³/mol. The third-order valence-corrected chi connectivity index (χ3v) is 9.99. The highest BCUT2D eigenvalue weighted by Gasteiger charge is 2.19. The summed E-state index contributed by atoms with van der Waals surface area (Å²) in [5.41, 5.74) is 3.75. The third kappa shape index (κ3) is 10.8. The molecule has 0 bridgehead atoms. The Labute approximate surface area is 319 Å². The Hall–Kier alpha value is -5.01. The molecule has 284 valence electrons. The summed E-state index contributed by atoms with van der Waals surface area (Å²) in [7, 11) is 3.22. The number of aryl methyl sites for hydroxylation is 1. The van der Waals surface area contributed by atoms with Crippen molar-refractivity contribution in [2.75, 3.05) is 20.8 Å². The Morgan fingerprint density at radius 2 is 1.17 bits per heavy atom. The minimum Gasteiger partial charge on any atom is -0.496 e. The number of fused-ring (bicyclic) bond motifs is 3. The van der Waals surface area contributed by atoms with Gasteiger partial charge in [0.1, 0.15) is 34.8 Å². The average Bonchev–Trinajstić information content (AvgIpc) is 3.64. The summed E-state index contributed by atoms with van der Waals surface area (Å²) in [5, 5.41) is 1.21. The zero-order chi connectivity index (χ0) is 37.4. The van der Waals surface area contributed by atoms with Gasteiger partial charge >= 0.3 is 0 Å². The molecule has 0 unspecified atom stereocenters. The summed E-state index contributed by atoms with van der Waals surface area (Å²) in [6, 6.07) is 31.2. The van der Waals surface area contributed by atoms with E-state index < -0.39 is 0 Å². The molecule has 0 aliphatic rings. The maximum Gasteiger partial charge on any atom is 0.197 e. The fourth-order valence-electron chi connectivity index (χ4n) is 6.99. The zero-order valence-electron chi connectivity index (χ0n) is 31.9. The van der Waals surface area contributed by atoms with Crippen LogP contribution in [0, 0.1) is 0 Å². The van der Waals surface area contributed by atoms with E-state index in [4.69, 9.17) is 27.8 Å². The number of hydrogen-bond donors (Lipinski definition) is 0. The molecule has 0 radical (unpaired) electrons. The van der Waals surface area contributed by atoms with E-state index in [1.54, 1.807) is 20.3 Å². The van der Waals surface area contributed by atoms with Crippen LogP contribution < -0.4 is 19.6 Å². The second-order valence-corrected chi connectivity index (χ2v) is 14.1. The lowest BCUT2D eigenvalue weighted by Crippen LogP contribution is -2.02. The van der Waals surface area contributed by atoms with Gasteiger partial charge in [0.05, 0.1) is 26.2 Å². The van der Waals surface area contributed by atoms with E-state index in [-0.39, 0.29) is 5.43 Å². The minimum atomic E-state index is -0.174. The van der Waals surface area contributed by atoms with Crippen molar-refractivity contribution < 1.29 is 27.8 Å². The highest BCUT2D eigenvalue weighted by atomic mass is 16.5. The number of hydrogen-bond acceptors (Lipinski definition) is 7. The van der Waals surface area contributed by atoms with Crippen LogP contribution in [0.2, 0.25) is 0 Å². The normalized spacial score (nSPS) is 11.4. The lowest BCUT2D eigenvalue weighted by Gasteiger charge is -2.12. The van der Waals surface area contributed by atoms with E-state index in [2.05, 4.69) is 24.3 Å². The van der Waals surface area contributed by atoms with Crippen molar-refractivity contribution in [1.82, 2.24) is 0 Å². The molecule has 0 aliphatic carbocycles. The van der Waals surface area contributed by atoms with Crippen LogP contribution in [0.5, 0.6) is 17.2 Å². The first-order chi connectivity index (χ1) is 26.6. The number of rotatable bonds is 23. The Morgan fingerprint density at radius 3 is 1.81 bits per heavy atom. The molecule has 7 nitrogen and oxygen atoms in total. The van der Waals surface area contributed by atoms with Crippen LogP contribution in [0.4, 0.5) is 0 Å². The standard InChI is InChI=1S/C47H54O7/c1-49-43-32-45-46(40(48)31-42(54-45)37-26-27-41(44(29-37)50-2)52-34-36-23-17-14-18-24-36)47-39(43)30-38(53-47)25-19-11-9-7-5-3-4-6-8-10-12-20-28-51-33-35-21-15-13-16-22-35/h13-18,21-24,26-27,29-32H,3-12,19-20,25,28,33-34H2,1-2H3. The molecule has 0 N–H and O–H groups in total. The topological polar surface area (TPSA) is 80.3 Å². The van der Waals surface area contributed by atoms with Crippen molar-refractivity contribution in [2.24, 2.45) is 0 Å². The second kappa shape index (κ2) is 20.4. The third-order valence-electron chi connectivity index (χ3n) is 9.99. The van der Waals surface area contributed by atoms with Gasteiger partial charge in [-0.15, -0.1) is 0 Å². The quantitative estimate of drug-likeness (QED) is 0.0607. The van der Waals surface area contributed by atoms with Crippen molar-refractivity contribution in [3.05, 3.63) is 124 Å². The van der Waals surface area contributed by atoms with Crippen LogP contribution >= 0.6 is 0 Å². The van der Waals surface area contributed by atoms with Crippen LogP contribution in [0.1, 0.15) is 93.9 Å². The van der Waals surface area contributed by atoms with Crippen LogP contribution in [0.15, 0.2) is 111 Å². The molecule has 7 heteroatoms. The summed E-state index contributed by atoms with van der Waals surface area (Å²) in [6.45, 7) is 1.99. The fraction of sp³-hybridized carbons (Fsp3) is 0.383. The molecule has 6 rings (SSSR count). The molecule has 54 heavy (non-hydrogen) atoms. The zero-order valence-corrected chi connectivity index (χ0v) is 31.9. The van der Waals surface area contributed by atoms with Gasteiger partial charge in [-0.1, -0.05) is 125 Å². The smallest absolute Gasteiger partial charge is 0.197 e. The maximum atomic E-state index is 13.6. The molecule has 0 spiro atoms. The van der Waals surface area contributed by atoms with Crippen LogP contribution in [-0.2, 0) is 24.4 Å². The van der Waals surface area contributed by atoms with Crippen molar-refractivity contribution in [3.8, 4) is 28.6 Å². The van der Waals surface area contributed by atoms with E-state index in [9.17, 15) is 4.79 Å². The van der Waals surface area contributed by atoms with Crippen LogP contribution in [0.25, 0.3) is 33.3 Å². The van der Waals surface area contributed by atoms with Gasteiger partial charge in [-0.05, 0) is 48.2 Å². The van der Waals surface area contributed by atoms with Crippen molar-refractivity contribution >= 4 is 21.9 Å². The lowest BCUT2D eigenvalue weighted by molar-refractivity contribution is 0.116. The van der Waals surface area contributed by atoms with Gasteiger partial charge in [0, 0.05) is 30.7 Å². The Morgan fingerprint density at radius 1 is 0.556 bits per heavy atom. The van der Waals surface area contributed by atoms with Gasteiger partial charge in [-0.2, -0.15) is 0 Å². The molecule has 6 aromatic rings. The summed E-state index contributed by atoms with van der Waals surface area (Å²) in [4.78, 5) is 13.6. The van der Waals surface area contributed by atoms with E-state index in [0.717, 1.165) is 55.6 Å². The van der Waals surface area contributed by atoms with Crippen molar-refractivity contribution in [3.63, 3.8) is 0 Å². The Kier molecular flexibility index (Phi) is 14.7. The van der Waals surface area contributed by atoms with E-state index in [0.29, 0.717) is 51.7 Å². The Bertz CT molecular complexity index is 2080. The number of ether oxygens (including phenoxy) is 4. The molecule has 0 fully saturated rings. The van der Waals surface area contributed by atoms with Gasteiger partial charge < -0.3 is 27.8 Å². The van der Waals surface area contributed by atoms with E-state index >= 15 is 0 Å². The first-order valence-electron chi connectivity index (χ1n) is 19.7. The molecule has 0 amide bonds. The molecule has 0 atom stereocenters. The van der Waals surface area contributed by atoms with E-state index in [1.807, 2.05) is 60.7 Å². The second-order valence-electron chi connectivity index (χ2n) is 14.1. The monoisotopic (exact) mass is 730 g/mol. The van der Waals surface area contributed by atoms with Crippen LogP contribution in [0.3, 0.4) is 0 Å². The summed E-state index contributed by atoms with van der Waals surface area (Å²) in [6.07, 6.45) is 15.9. The van der Waals surface area contributed by atoms with Gasteiger partial charge in [0.15, 0.2) is 22.5 Å². The van der Waals surface area contributed by atoms with E-state index in [1.165, 1.54) is 69.4 Å². The van der Waals surface area contributed by atoms with Crippen molar-refractivity contribution in [1.29, 1.82) is 0 Å². The molecule has 0 saturated carbocycles. The number of unbranched alkanes of at least 4 members (excludes halogenated alkanes) is 11. The summed E-state index contributed by atoms with van der Waals surface area (Å²) >= 11 is 0. The minimum absolute atomic E-state index is 0.174. The van der Waals surface area contributed by atoms with Gasteiger partial charge in [-0.25, -0.2) is 0 Å². The van der Waals surface area contributed by atoms with Crippen molar-refractivity contribution in [2.45, 2.75) is 96.7 Å². The number of furan rings is 1. The predicted octanol–water partition coefficient (Wildman–Crippen LogP) is 12.2. The van der Waals surface area contributed by atoms with Gasteiger partial charge in [0.25, 0.3) is 0 Å². The summed E-state index contributed by atoms with van der Waals surface area (Å²) < 4.78 is 35.8. The first-order valence-corrected chi connectivity index (χ1v) is 19.7. The molecule has 4 aromatic carbocycles. The highest BCUT2D eigenvalue weighted by Crippen LogP contribution is 2.38. The fourth-order valence-corrected chi connectivity index (χ4v) is 6.99. The SMILES string of the molecule is COc1cc(-c2cc(=O)c3c(cc(OC)c4cc(CCCCCCCCCCCCCCOCc5ccccc5)oc43)o2)ccc1OCc1ccccc1. The Balaban J connectivity index is 0.933. The highest BCUT2D eigenvalue weighted by molar-refractivity contribution is 6.05. The first kappa shape index (κ1) is 38.7. The molecule has 2 heterocycles. The average molecular weight is 731 g/mol. The summed E-state index contributed by atoms with van der Waals surface area (Å²) in [5.74, 6) is 3.05. The lowest BCUT2D eigenvalue weighted by atomic mass is 10.0. The molecule has 0 saturated heterocycles. The largest absolute Gasteiger partial charge is 0.496 e. The molecule has 2 aromatic heterocycles. The number of benzene rings is 4. The van der Waals surface area contributed by atoms with Crippen LogP contribution in [-0.4, -0.2) is 20.8 Å². The molecule has 0 aliphatic heterocycles. The molecular formula is C47H54O7. The number of methoxy groups -OCH3 is 2. The van der Waals surface area contributed by atoms with Gasteiger partial charge in [-0.3, -0.25) is 4.79 Å². The molecular weight excluding hydrogens is 677 g/mol.